The first-order valence-electron chi connectivity index (χ1n) is 7.02. The molecular formula is C13H23N5. The van der Waals surface area contributed by atoms with Crippen LogP contribution in [-0.4, -0.2) is 46.9 Å². The SMILES string of the molecule is Cn1cc(N)c(N2CCN(C3CCCC3)CC2)n1. The van der Waals surface area contributed by atoms with Gasteiger partial charge in [-0.2, -0.15) is 5.10 Å². The number of nitrogens with two attached hydrogens (primary N) is 1. The van der Waals surface area contributed by atoms with Crippen molar-refractivity contribution in [3.8, 4) is 0 Å². The third kappa shape index (κ3) is 2.19. The molecule has 1 aliphatic carbocycles. The van der Waals surface area contributed by atoms with Crippen LogP contribution in [0.1, 0.15) is 25.7 Å². The molecule has 100 valence electrons. The molecule has 1 aromatic rings. The van der Waals surface area contributed by atoms with Crippen molar-refractivity contribution in [1.82, 2.24) is 14.7 Å². The van der Waals surface area contributed by atoms with Gasteiger partial charge in [0.2, 0.25) is 0 Å². The van der Waals surface area contributed by atoms with E-state index < -0.39 is 0 Å². The van der Waals surface area contributed by atoms with Crippen LogP contribution in [0.25, 0.3) is 0 Å². The third-order valence-electron chi connectivity index (χ3n) is 4.29. The maximum atomic E-state index is 5.99. The molecule has 0 radical (unpaired) electrons. The van der Waals surface area contributed by atoms with Gasteiger partial charge in [0.05, 0.1) is 5.69 Å². The summed E-state index contributed by atoms with van der Waals surface area (Å²) in [6.07, 6.45) is 7.51. The van der Waals surface area contributed by atoms with Gasteiger partial charge in [0.25, 0.3) is 0 Å². The predicted octanol–water partition coefficient (Wildman–Crippen LogP) is 1.07. The lowest BCUT2D eigenvalue weighted by Crippen LogP contribution is -2.50. The Morgan fingerprint density at radius 3 is 2.39 bits per heavy atom. The average molecular weight is 249 g/mol. The van der Waals surface area contributed by atoms with E-state index >= 15 is 0 Å². The fraction of sp³-hybridized carbons (Fsp3) is 0.769. The van der Waals surface area contributed by atoms with Gasteiger partial charge in [-0.25, -0.2) is 0 Å². The minimum atomic E-state index is 0.798. The Morgan fingerprint density at radius 2 is 1.83 bits per heavy atom. The van der Waals surface area contributed by atoms with Crippen LogP contribution in [-0.2, 0) is 7.05 Å². The minimum absolute atomic E-state index is 0.798. The van der Waals surface area contributed by atoms with Gasteiger partial charge in [-0.3, -0.25) is 9.58 Å². The highest BCUT2D eigenvalue weighted by Gasteiger charge is 2.27. The lowest BCUT2D eigenvalue weighted by atomic mass is 10.2. The summed E-state index contributed by atoms with van der Waals surface area (Å²) in [5.74, 6) is 0.962. The summed E-state index contributed by atoms with van der Waals surface area (Å²) >= 11 is 0. The van der Waals surface area contributed by atoms with Crippen molar-refractivity contribution in [2.45, 2.75) is 31.7 Å². The van der Waals surface area contributed by atoms with E-state index in [2.05, 4.69) is 14.9 Å². The number of nitrogens with zero attached hydrogens (tertiary/aromatic N) is 4. The van der Waals surface area contributed by atoms with E-state index in [-0.39, 0.29) is 0 Å². The molecule has 0 aromatic carbocycles. The van der Waals surface area contributed by atoms with E-state index in [9.17, 15) is 0 Å². The highest BCUT2D eigenvalue weighted by Crippen LogP contribution is 2.26. The van der Waals surface area contributed by atoms with Gasteiger partial charge >= 0.3 is 0 Å². The van der Waals surface area contributed by atoms with Crippen molar-refractivity contribution in [2.75, 3.05) is 36.8 Å². The third-order valence-corrected chi connectivity index (χ3v) is 4.29. The molecule has 0 amide bonds. The van der Waals surface area contributed by atoms with Crippen molar-refractivity contribution in [3.05, 3.63) is 6.20 Å². The minimum Gasteiger partial charge on any atom is -0.394 e. The molecule has 3 rings (SSSR count). The first-order chi connectivity index (χ1) is 8.74. The van der Waals surface area contributed by atoms with Crippen LogP contribution < -0.4 is 10.6 Å². The topological polar surface area (TPSA) is 50.3 Å². The summed E-state index contributed by atoms with van der Waals surface area (Å²) in [5.41, 5.74) is 6.79. The Kier molecular flexibility index (Phi) is 3.16. The average Bonchev–Trinajstić information content (AvgIpc) is 2.99. The molecule has 0 unspecified atom stereocenters. The number of nitrogen functional groups attached to an aromatic ring is 1. The molecule has 0 atom stereocenters. The molecule has 2 aliphatic rings. The van der Waals surface area contributed by atoms with Crippen molar-refractivity contribution in [3.63, 3.8) is 0 Å². The van der Waals surface area contributed by atoms with Crippen molar-refractivity contribution < 1.29 is 0 Å². The molecule has 1 aromatic heterocycles. The van der Waals surface area contributed by atoms with Crippen molar-refractivity contribution >= 4 is 11.5 Å². The highest BCUT2D eigenvalue weighted by molar-refractivity contribution is 5.61. The summed E-state index contributed by atoms with van der Waals surface area (Å²) in [4.78, 5) is 4.98. The summed E-state index contributed by atoms with van der Waals surface area (Å²) in [6, 6.07) is 0.841. The van der Waals surface area contributed by atoms with Gasteiger partial charge < -0.3 is 10.6 Å². The second-order valence-electron chi connectivity index (χ2n) is 5.54. The van der Waals surface area contributed by atoms with Crippen LogP contribution in [0, 0.1) is 0 Å². The van der Waals surface area contributed by atoms with Crippen molar-refractivity contribution in [1.29, 1.82) is 0 Å². The molecule has 1 aliphatic heterocycles. The van der Waals surface area contributed by atoms with Crippen LogP contribution in [0.5, 0.6) is 0 Å². The zero-order chi connectivity index (χ0) is 12.5. The lowest BCUT2D eigenvalue weighted by molar-refractivity contribution is 0.187. The van der Waals surface area contributed by atoms with E-state index in [0.717, 1.165) is 43.7 Å². The zero-order valence-electron chi connectivity index (χ0n) is 11.2. The standard InChI is InChI=1S/C13H23N5/c1-16-10-12(14)13(15-16)18-8-6-17(7-9-18)11-4-2-3-5-11/h10-11H,2-9,14H2,1H3. The summed E-state index contributed by atoms with van der Waals surface area (Å²) < 4.78 is 1.80. The second kappa shape index (κ2) is 4.80. The summed E-state index contributed by atoms with van der Waals surface area (Å²) in [6.45, 7) is 4.41. The molecule has 1 saturated heterocycles. The molecule has 18 heavy (non-hydrogen) atoms. The second-order valence-corrected chi connectivity index (χ2v) is 5.54. The zero-order valence-corrected chi connectivity index (χ0v) is 11.2. The van der Waals surface area contributed by atoms with E-state index in [0.29, 0.717) is 0 Å². The smallest absolute Gasteiger partial charge is 0.173 e. The molecule has 0 spiro atoms. The molecule has 5 nitrogen and oxygen atoms in total. The Balaban J connectivity index is 1.61. The van der Waals surface area contributed by atoms with E-state index in [1.807, 2.05) is 13.2 Å². The molecule has 2 N–H and O–H groups in total. The number of hydrogen-bond acceptors (Lipinski definition) is 4. The number of aryl methyl sites for hydroxylation is 1. The van der Waals surface area contributed by atoms with Gasteiger partial charge in [-0.1, -0.05) is 12.8 Å². The number of aromatic nitrogens is 2. The van der Waals surface area contributed by atoms with Gasteiger partial charge in [0.15, 0.2) is 5.82 Å². The fourth-order valence-corrected chi connectivity index (χ4v) is 3.31. The fourth-order valence-electron chi connectivity index (χ4n) is 3.31. The van der Waals surface area contributed by atoms with E-state index in [1.54, 1.807) is 4.68 Å². The normalized spacial score (nSPS) is 22.8. The Bertz CT molecular complexity index is 400. The van der Waals surface area contributed by atoms with Crippen LogP contribution >= 0.6 is 0 Å². The summed E-state index contributed by atoms with van der Waals surface area (Å²) in [7, 11) is 1.93. The Labute approximate surface area is 109 Å². The van der Waals surface area contributed by atoms with Crippen LogP contribution in [0.15, 0.2) is 6.20 Å². The molecule has 5 heteroatoms. The predicted molar refractivity (Wildman–Crippen MR) is 73.7 cm³/mol. The maximum absolute atomic E-state index is 5.99. The summed E-state index contributed by atoms with van der Waals surface area (Å²) in [5, 5.41) is 4.46. The number of anilines is 2. The van der Waals surface area contributed by atoms with Gasteiger partial charge in [0, 0.05) is 45.5 Å². The van der Waals surface area contributed by atoms with Crippen LogP contribution in [0.4, 0.5) is 11.5 Å². The largest absolute Gasteiger partial charge is 0.394 e. The van der Waals surface area contributed by atoms with E-state index in [1.165, 1.54) is 25.7 Å². The number of piperazine rings is 1. The lowest BCUT2D eigenvalue weighted by Gasteiger charge is -2.38. The Hall–Kier alpha value is -1.23. The monoisotopic (exact) mass is 249 g/mol. The molecule has 0 bridgehead atoms. The van der Waals surface area contributed by atoms with Gasteiger partial charge in [-0.15, -0.1) is 0 Å². The van der Waals surface area contributed by atoms with Gasteiger partial charge in [0.1, 0.15) is 0 Å². The van der Waals surface area contributed by atoms with E-state index in [4.69, 9.17) is 5.73 Å². The molecule has 2 heterocycles. The number of hydrogen-bond donors (Lipinski definition) is 1. The molecular weight excluding hydrogens is 226 g/mol. The highest BCUT2D eigenvalue weighted by atomic mass is 15.4. The first kappa shape index (κ1) is 11.8. The quantitative estimate of drug-likeness (QED) is 0.851. The first-order valence-corrected chi connectivity index (χ1v) is 7.02. The van der Waals surface area contributed by atoms with Crippen LogP contribution in [0.3, 0.4) is 0 Å². The van der Waals surface area contributed by atoms with Crippen LogP contribution in [0.2, 0.25) is 0 Å². The number of rotatable bonds is 2. The Morgan fingerprint density at radius 1 is 1.17 bits per heavy atom. The maximum Gasteiger partial charge on any atom is 0.173 e. The van der Waals surface area contributed by atoms with Gasteiger partial charge in [-0.05, 0) is 12.8 Å². The van der Waals surface area contributed by atoms with Crippen molar-refractivity contribution in [2.24, 2.45) is 7.05 Å². The molecule has 1 saturated carbocycles. The molecule has 2 fully saturated rings.